The van der Waals surface area contributed by atoms with Crippen molar-refractivity contribution in [3.8, 4) is 5.75 Å². The predicted molar refractivity (Wildman–Crippen MR) is 73.1 cm³/mol. The van der Waals surface area contributed by atoms with E-state index in [-0.39, 0.29) is 6.04 Å². The number of thiophene rings is 1. The Kier molecular flexibility index (Phi) is 3.72. The molecule has 0 spiro atoms. The lowest BCUT2D eigenvalue weighted by Crippen LogP contribution is -2.10. The lowest BCUT2D eigenvalue weighted by molar-refractivity contribution is 0.415. The lowest BCUT2D eigenvalue weighted by Gasteiger charge is -2.12. The minimum Gasteiger partial charge on any atom is -0.495 e. The average molecular weight is 268 g/mol. The van der Waals surface area contributed by atoms with Gasteiger partial charge in [-0.2, -0.15) is 0 Å². The normalized spacial score (nSPS) is 12.5. The standard InChI is InChI=1S/C13H14ClNOS/c1-8-3-6-12(17-8)13(15)9-4-5-11(16-2)10(14)7-9/h3-7,13H,15H2,1-2H3. The molecule has 90 valence electrons. The molecular weight excluding hydrogens is 254 g/mol. The summed E-state index contributed by atoms with van der Waals surface area (Å²) in [7, 11) is 1.60. The Morgan fingerprint density at radius 1 is 1.29 bits per heavy atom. The van der Waals surface area contributed by atoms with E-state index >= 15 is 0 Å². The highest BCUT2D eigenvalue weighted by Gasteiger charge is 2.12. The van der Waals surface area contributed by atoms with Gasteiger partial charge in [0.2, 0.25) is 0 Å². The van der Waals surface area contributed by atoms with Crippen LogP contribution in [0.3, 0.4) is 0 Å². The molecule has 0 radical (unpaired) electrons. The van der Waals surface area contributed by atoms with Crippen LogP contribution in [0.2, 0.25) is 5.02 Å². The average Bonchev–Trinajstić information content (AvgIpc) is 2.75. The fourth-order valence-electron chi connectivity index (χ4n) is 1.66. The maximum absolute atomic E-state index is 6.20. The van der Waals surface area contributed by atoms with Gasteiger partial charge in [-0.25, -0.2) is 0 Å². The molecule has 2 nitrogen and oxygen atoms in total. The van der Waals surface area contributed by atoms with Crippen LogP contribution < -0.4 is 10.5 Å². The Hall–Kier alpha value is -1.03. The summed E-state index contributed by atoms with van der Waals surface area (Å²) in [5, 5.41) is 0.591. The summed E-state index contributed by atoms with van der Waals surface area (Å²) >= 11 is 7.80. The second-order valence-corrected chi connectivity index (χ2v) is 5.55. The quantitative estimate of drug-likeness (QED) is 0.919. The molecule has 0 saturated carbocycles. The molecule has 2 aromatic rings. The van der Waals surface area contributed by atoms with Crippen molar-refractivity contribution >= 4 is 22.9 Å². The Labute approximate surface area is 110 Å². The molecule has 1 aromatic carbocycles. The van der Waals surface area contributed by atoms with Gasteiger partial charge in [0.1, 0.15) is 5.75 Å². The molecule has 0 amide bonds. The molecular formula is C13H14ClNOS. The van der Waals surface area contributed by atoms with Crippen molar-refractivity contribution in [2.75, 3.05) is 7.11 Å². The van der Waals surface area contributed by atoms with E-state index in [1.54, 1.807) is 18.4 Å². The second kappa shape index (κ2) is 5.08. The number of rotatable bonds is 3. The van der Waals surface area contributed by atoms with E-state index in [4.69, 9.17) is 22.1 Å². The topological polar surface area (TPSA) is 35.2 Å². The van der Waals surface area contributed by atoms with Crippen molar-refractivity contribution in [2.45, 2.75) is 13.0 Å². The first kappa shape index (κ1) is 12.4. The van der Waals surface area contributed by atoms with Crippen LogP contribution in [0, 0.1) is 6.92 Å². The highest BCUT2D eigenvalue weighted by atomic mass is 35.5. The number of nitrogens with two attached hydrogens (primary N) is 1. The highest BCUT2D eigenvalue weighted by Crippen LogP contribution is 2.31. The fourth-order valence-corrected chi connectivity index (χ4v) is 2.83. The molecule has 0 aliphatic carbocycles. The van der Waals surface area contributed by atoms with Crippen LogP contribution in [0.5, 0.6) is 5.75 Å². The first-order valence-corrected chi connectivity index (χ1v) is 6.46. The van der Waals surface area contributed by atoms with Crippen molar-refractivity contribution in [1.82, 2.24) is 0 Å². The van der Waals surface area contributed by atoms with Crippen molar-refractivity contribution in [1.29, 1.82) is 0 Å². The van der Waals surface area contributed by atoms with Crippen LogP contribution in [0.15, 0.2) is 30.3 Å². The zero-order valence-electron chi connectivity index (χ0n) is 9.74. The number of hydrogen-bond acceptors (Lipinski definition) is 3. The number of ether oxygens (including phenoxy) is 1. The van der Waals surface area contributed by atoms with E-state index in [2.05, 4.69) is 19.1 Å². The van der Waals surface area contributed by atoms with Gasteiger partial charge in [0.25, 0.3) is 0 Å². The Morgan fingerprint density at radius 2 is 2.06 bits per heavy atom. The van der Waals surface area contributed by atoms with E-state index < -0.39 is 0 Å². The van der Waals surface area contributed by atoms with Gasteiger partial charge in [-0.05, 0) is 36.8 Å². The Balaban J connectivity index is 2.31. The molecule has 1 heterocycles. The third-order valence-corrected chi connectivity index (χ3v) is 3.98. The monoisotopic (exact) mass is 267 g/mol. The molecule has 2 N–H and O–H groups in total. The summed E-state index contributed by atoms with van der Waals surface area (Å²) < 4.78 is 5.12. The van der Waals surface area contributed by atoms with Crippen molar-refractivity contribution < 1.29 is 4.74 Å². The van der Waals surface area contributed by atoms with Gasteiger partial charge in [0.05, 0.1) is 18.2 Å². The van der Waals surface area contributed by atoms with E-state index in [0.717, 1.165) is 10.4 Å². The summed E-state index contributed by atoms with van der Waals surface area (Å²) in [5.74, 6) is 0.671. The van der Waals surface area contributed by atoms with Crippen molar-refractivity contribution in [2.24, 2.45) is 5.73 Å². The van der Waals surface area contributed by atoms with Crippen LogP contribution >= 0.6 is 22.9 Å². The third-order valence-electron chi connectivity index (χ3n) is 2.60. The number of methoxy groups -OCH3 is 1. The summed E-state index contributed by atoms with van der Waals surface area (Å²) in [5.41, 5.74) is 7.20. The van der Waals surface area contributed by atoms with Crippen LogP contribution in [-0.2, 0) is 0 Å². The van der Waals surface area contributed by atoms with Gasteiger partial charge in [-0.15, -0.1) is 11.3 Å². The molecule has 0 bridgehead atoms. The van der Waals surface area contributed by atoms with Crippen molar-refractivity contribution in [3.63, 3.8) is 0 Å². The van der Waals surface area contributed by atoms with Gasteiger partial charge in [-0.3, -0.25) is 0 Å². The molecule has 0 aliphatic rings. The summed E-state index contributed by atoms with van der Waals surface area (Å²) in [4.78, 5) is 2.40. The summed E-state index contributed by atoms with van der Waals surface area (Å²) in [6.07, 6.45) is 0. The zero-order chi connectivity index (χ0) is 12.4. The van der Waals surface area contributed by atoms with E-state index in [1.807, 2.05) is 18.2 Å². The van der Waals surface area contributed by atoms with E-state index in [0.29, 0.717) is 10.8 Å². The van der Waals surface area contributed by atoms with Gasteiger partial charge in [-0.1, -0.05) is 17.7 Å². The van der Waals surface area contributed by atoms with E-state index in [9.17, 15) is 0 Å². The first-order chi connectivity index (χ1) is 8.11. The Bertz CT molecular complexity index is 524. The van der Waals surface area contributed by atoms with Crippen LogP contribution in [0.25, 0.3) is 0 Å². The van der Waals surface area contributed by atoms with Crippen LogP contribution in [-0.4, -0.2) is 7.11 Å². The molecule has 4 heteroatoms. The number of hydrogen-bond donors (Lipinski definition) is 1. The minimum absolute atomic E-state index is 0.128. The second-order valence-electron chi connectivity index (χ2n) is 3.82. The molecule has 1 unspecified atom stereocenters. The maximum atomic E-state index is 6.20. The molecule has 17 heavy (non-hydrogen) atoms. The molecule has 0 fully saturated rings. The molecule has 1 atom stereocenters. The number of benzene rings is 1. The van der Waals surface area contributed by atoms with Crippen LogP contribution in [0.4, 0.5) is 0 Å². The molecule has 1 aromatic heterocycles. The first-order valence-electron chi connectivity index (χ1n) is 5.27. The smallest absolute Gasteiger partial charge is 0.137 e. The predicted octanol–water partition coefficient (Wildman–Crippen LogP) is 3.77. The van der Waals surface area contributed by atoms with Gasteiger partial charge >= 0.3 is 0 Å². The minimum atomic E-state index is -0.128. The highest BCUT2D eigenvalue weighted by molar-refractivity contribution is 7.12. The molecule has 0 saturated heterocycles. The number of aryl methyl sites for hydroxylation is 1. The van der Waals surface area contributed by atoms with Crippen LogP contribution in [0.1, 0.15) is 21.4 Å². The van der Waals surface area contributed by atoms with Gasteiger partial charge in [0.15, 0.2) is 0 Å². The van der Waals surface area contributed by atoms with Crippen molar-refractivity contribution in [3.05, 3.63) is 50.7 Å². The maximum Gasteiger partial charge on any atom is 0.137 e. The molecule has 2 rings (SSSR count). The largest absolute Gasteiger partial charge is 0.495 e. The fraction of sp³-hybridized carbons (Fsp3) is 0.231. The van der Waals surface area contributed by atoms with Gasteiger partial charge < -0.3 is 10.5 Å². The van der Waals surface area contributed by atoms with E-state index in [1.165, 1.54) is 4.88 Å². The number of halogens is 1. The summed E-state index contributed by atoms with van der Waals surface area (Å²) in [6.45, 7) is 2.07. The zero-order valence-corrected chi connectivity index (χ0v) is 11.3. The molecule has 0 aliphatic heterocycles. The SMILES string of the molecule is COc1ccc(C(N)c2ccc(C)s2)cc1Cl. The summed E-state index contributed by atoms with van der Waals surface area (Å²) in [6, 6.07) is 9.66. The lowest BCUT2D eigenvalue weighted by atomic mass is 10.1. The Morgan fingerprint density at radius 3 is 2.59 bits per heavy atom. The third kappa shape index (κ3) is 2.63. The van der Waals surface area contributed by atoms with Gasteiger partial charge in [0, 0.05) is 9.75 Å².